The lowest BCUT2D eigenvalue weighted by atomic mass is 10.0. The highest BCUT2D eigenvalue weighted by Crippen LogP contribution is 2.24. The number of ketones is 1. The van der Waals surface area contributed by atoms with E-state index in [0.29, 0.717) is 21.9 Å². The molecule has 1 atom stereocenters. The van der Waals surface area contributed by atoms with Crippen LogP contribution in [0.3, 0.4) is 0 Å². The van der Waals surface area contributed by atoms with Crippen molar-refractivity contribution in [3.63, 3.8) is 0 Å². The molecule has 0 saturated carbocycles. The molecule has 0 saturated heterocycles. The normalized spacial score (nSPS) is 11.4. The maximum atomic E-state index is 12.4. The number of carbonyl (C=O) groups is 1. The molecule has 0 amide bonds. The summed E-state index contributed by atoms with van der Waals surface area (Å²) in [4.78, 5) is 12.4. The molecule has 3 rings (SSSR count). The summed E-state index contributed by atoms with van der Waals surface area (Å²) in [6.07, 6.45) is -0.616. The third-order valence-electron chi connectivity index (χ3n) is 3.99. The zero-order chi connectivity index (χ0) is 18.5. The fraction of sp³-hybridized carbons (Fsp3) is 0.0909. The third kappa shape index (κ3) is 4.11. The Morgan fingerprint density at radius 2 is 1.62 bits per heavy atom. The second-order valence-corrected chi connectivity index (χ2v) is 6.28. The largest absolute Gasteiger partial charge is 0.483 e. The molecule has 3 aromatic rings. The van der Waals surface area contributed by atoms with Crippen LogP contribution in [0.4, 0.5) is 0 Å². The Kier molecular flexibility index (Phi) is 5.36. The highest BCUT2D eigenvalue weighted by Gasteiger charge is 2.17. The molecule has 0 aliphatic rings. The van der Waals surface area contributed by atoms with Gasteiger partial charge in [0.2, 0.25) is 5.78 Å². The average Bonchev–Trinajstić information content (AvgIpc) is 2.68. The molecule has 0 radical (unpaired) electrons. The van der Waals surface area contributed by atoms with Gasteiger partial charge in [-0.2, -0.15) is 5.26 Å². The molecule has 0 aliphatic heterocycles. The van der Waals surface area contributed by atoms with Gasteiger partial charge in [-0.3, -0.25) is 4.79 Å². The van der Waals surface area contributed by atoms with Gasteiger partial charge in [-0.05, 0) is 54.4 Å². The van der Waals surface area contributed by atoms with Gasteiger partial charge in [-0.25, -0.2) is 0 Å². The molecule has 0 aliphatic carbocycles. The van der Waals surface area contributed by atoms with Crippen LogP contribution in [0.25, 0.3) is 11.1 Å². The zero-order valence-electron chi connectivity index (χ0n) is 14.1. The highest BCUT2D eigenvalue weighted by molar-refractivity contribution is 6.31. The number of hydrogen-bond donors (Lipinski definition) is 0. The number of nitrogens with zero attached hydrogens (tertiary/aromatic N) is 1. The van der Waals surface area contributed by atoms with Crippen LogP contribution in [0.2, 0.25) is 5.02 Å². The molecule has 3 aromatic carbocycles. The lowest BCUT2D eigenvalue weighted by molar-refractivity contribution is 0.0818. The number of benzene rings is 3. The molecule has 0 N–H and O–H groups in total. The molecule has 0 fully saturated rings. The summed E-state index contributed by atoms with van der Waals surface area (Å²) in [7, 11) is 0. The summed E-state index contributed by atoms with van der Waals surface area (Å²) in [5, 5.41) is 9.38. The molecule has 0 spiro atoms. The van der Waals surface area contributed by atoms with Crippen molar-refractivity contribution in [2.75, 3.05) is 0 Å². The van der Waals surface area contributed by atoms with Gasteiger partial charge in [0.1, 0.15) is 5.75 Å². The van der Waals surface area contributed by atoms with E-state index in [1.807, 2.05) is 36.4 Å². The average molecular weight is 362 g/mol. The first-order valence-corrected chi connectivity index (χ1v) is 8.51. The van der Waals surface area contributed by atoms with Crippen molar-refractivity contribution in [2.24, 2.45) is 0 Å². The van der Waals surface area contributed by atoms with Gasteiger partial charge in [0.05, 0.1) is 11.6 Å². The van der Waals surface area contributed by atoms with Crippen LogP contribution in [-0.2, 0) is 0 Å². The second kappa shape index (κ2) is 7.86. The molecule has 4 heteroatoms. The van der Waals surface area contributed by atoms with E-state index in [1.54, 1.807) is 43.3 Å². The quantitative estimate of drug-likeness (QED) is 0.561. The summed E-state index contributed by atoms with van der Waals surface area (Å²) >= 11 is 5.94. The van der Waals surface area contributed by atoms with Gasteiger partial charge in [-0.15, -0.1) is 0 Å². The summed E-state index contributed by atoms with van der Waals surface area (Å²) in [6.45, 7) is 1.72. The molecular weight excluding hydrogens is 346 g/mol. The number of nitriles is 1. The first-order chi connectivity index (χ1) is 12.6. The molecule has 26 heavy (non-hydrogen) atoms. The summed E-state index contributed by atoms with van der Waals surface area (Å²) in [5.41, 5.74) is 3.18. The van der Waals surface area contributed by atoms with E-state index in [9.17, 15) is 4.79 Å². The van der Waals surface area contributed by atoms with Crippen molar-refractivity contribution in [3.05, 3.63) is 88.9 Å². The van der Waals surface area contributed by atoms with E-state index < -0.39 is 6.10 Å². The van der Waals surface area contributed by atoms with Crippen molar-refractivity contribution in [3.8, 4) is 22.9 Å². The first kappa shape index (κ1) is 17.7. The fourth-order valence-corrected chi connectivity index (χ4v) is 2.79. The van der Waals surface area contributed by atoms with Crippen molar-refractivity contribution in [2.45, 2.75) is 13.0 Å². The van der Waals surface area contributed by atoms with Gasteiger partial charge in [0.25, 0.3) is 0 Å². The summed E-state index contributed by atoms with van der Waals surface area (Å²) in [6, 6.07) is 23.8. The van der Waals surface area contributed by atoms with E-state index in [2.05, 4.69) is 6.07 Å². The van der Waals surface area contributed by atoms with Crippen LogP contribution < -0.4 is 4.74 Å². The number of halogens is 1. The third-order valence-corrected chi connectivity index (χ3v) is 4.23. The van der Waals surface area contributed by atoms with Gasteiger partial charge in [-0.1, -0.05) is 48.0 Å². The minimum Gasteiger partial charge on any atom is -0.483 e. The Morgan fingerprint density at radius 1 is 1.00 bits per heavy atom. The first-order valence-electron chi connectivity index (χ1n) is 8.14. The van der Waals surface area contributed by atoms with Crippen LogP contribution in [-0.4, -0.2) is 11.9 Å². The zero-order valence-corrected chi connectivity index (χ0v) is 14.9. The van der Waals surface area contributed by atoms with E-state index >= 15 is 0 Å². The molecule has 3 nitrogen and oxygen atoms in total. The number of Topliss-reactive ketones (excluding diaryl/α,β-unsaturated/α-hetero) is 1. The topological polar surface area (TPSA) is 50.1 Å². The van der Waals surface area contributed by atoms with E-state index in [4.69, 9.17) is 21.6 Å². The highest BCUT2D eigenvalue weighted by atomic mass is 35.5. The standard InChI is InChI=1S/C22H16ClNO2/c1-15(22(25)19-3-2-4-20(23)13-19)26-21-11-9-18(10-12-21)17-7-5-16(14-24)6-8-17/h2-13,15H,1H3. The molecular formula is C22H16ClNO2. The lowest BCUT2D eigenvalue weighted by Crippen LogP contribution is -2.23. The molecule has 0 heterocycles. The maximum Gasteiger partial charge on any atom is 0.203 e. The van der Waals surface area contributed by atoms with Crippen LogP contribution in [0.1, 0.15) is 22.8 Å². The van der Waals surface area contributed by atoms with E-state index in [-0.39, 0.29) is 5.78 Å². The fourth-order valence-electron chi connectivity index (χ4n) is 2.60. The summed E-state index contributed by atoms with van der Waals surface area (Å²) < 4.78 is 5.76. The minimum absolute atomic E-state index is 0.122. The van der Waals surface area contributed by atoms with Gasteiger partial charge >= 0.3 is 0 Å². The van der Waals surface area contributed by atoms with E-state index in [0.717, 1.165) is 11.1 Å². The Bertz CT molecular complexity index is 957. The minimum atomic E-state index is -0.616. The number of ether oxygens (including phenoxy) is 1. The van der Waals surface area contributed by atoms with Crippen molar-refractivity contribution in [1.29, 1.82) is 5.26 Å². The van der Waals surface area contributed by atoms with Crippen LogP contribution >= 0.6 is 11.6 Å². The van der Waals surface area contributed by atoms with E-state index in [1.165, 1.54) is 0 Å². The Labute approximate surface area is 157 Å². The molecule has 128 valence electrons. The maximum absolute atomic E-state index is 12.4. The smallest absolute Gasteiger partial charge is 0.203 e. The van der Waals surface area contributed by atoms with Gasteiger partial charge < -0.3 is 4.74 Å². The molecule has 0 bridgehead atoms. The Hall–Kier alpha value is -3.09. The summed E-state index contributed by atoms with van der Waals surface area (Å²) in [5.74, 6) is 0.494. The van der Waals surface area contributed by atoms with Crippen molar-refractivity contribution < 1.29 is 9.53 Å². The number of hydrogen-bond acceptors (Lipinski definition) is 3. The van der Waals surface area contributed by atoms with Gasteiger partial charge in [0, 0.05) is 10.6 Å². The van der Waals surface area contributed by atoms with Gasteiger partial charge in [0.15, 0.2) is 6.10 Å². The van der Waals surface area contributed by atoms with Crippen LogP contribution in [0.5, 0.6) is 5.75 Å². The Balaban J connectivity index is 1.70. The number of rotatable bonds is 5. The lowest BCUT2D eigenvalue weighted by Gasteiger charge is -2.14. The molecule has 0 aromatic heterocycles. The predicted octanol–water partition coefficient (Wildman–Crippen LogP) is 5.53. The van der Waals surface area contributed by atoms with Crippen molar-refractivity contribution >= 4 is 17.4 Å². The monoisotopic (exact) mass is 361 g/mol. The molecule has 1 unspecified atom stereocenters. The predicted molar refractivity (Wildman–Crippen MR) is 102 cm³/mol. The number of carbonyl (C=O) groups excluding carboxylic acids is 1. The van der Waals surface area contributed by atoms with Crippen molar-refractivity contribution in [1.82, 2.24) is 0 Å². The van der Waals surface area contributed by atoms with Crippen LogP contribution in [0, 0.1) is 11.3 Å². The SMILES string of the molecule is CC(Oc1ccc(-c2ccc(C#N)cc2)cc1)C(=O)c1cccc(Cl)c1. The van der Waals surface area contributed by atoms with Crippen LogP contribution in [0.15, 0.2) is 72.8 Å². The Morgan fingerprint density at radius 3 is 2.19 bits per heavy atom. The second-order valence-electron chi connectivity index (χ2n) is 5.85.